The highest BCUT2D eigenvalue weighted by Gasteiger charge is 2.61. The van der Waals surface area contributed by atoms with Crippen LogP contribution >= 0.6 is 11.6 Å². The molecule has 5 rings (SSSR count). The van der Waals surface area contributed by atoms with Crippen molar-refractivity contribution >= 4 is 34.9 Å². The van der Waals surface area contributed by atoms with Crippen LogP contribution in [0.4, 0.5) is 33.7 Å². The average Bonchev–Trinajstić information content (AvgIpc) is 3.36. The highest BCUT2D eigenvalue weighted by Crippen LogP contribution is 2.49. The molecule has 2 heterocycles. The third-order valence-electron chi connectivity index (χ3n) is 6.58. The third-order valence-corrected chi connectivity index (χ3v) is 6.93. The normalized spacial score (nSPS) is 20.0. The van der Waals surface area contributed by atoms with Crippen LogP contribution in [0.15, 0.2) is 54.6 Å². The molecule has 12 heteroatoms. The van der Waals surface area contributed by atoms with E-state index in [1.807, 2.05) is 6.07 Å². The number of nitrogens with one attached hydrogen (secondary N) is 2. The van der Waals surface area contributed by atoms with E-state index in [0.29, 0.717) is 5.56 Å². The van der Waals surface area contributed by atoms with Crippen molar-refractivity contribution in [3.63, 3.8) is 0 Å². The number of anilines is 2. The maximum absolute atomic E-state index is 14.1. The van der Waals surface area contributed by atoms with Crippen molar-refractivity contribution in [2.75, 3.05) is 16.8 Å². The lowest BCUT2D eigenvalue weighted by molar-refractivity contribution is -0.258. The van der Waals surface area contributed by atoms with E-state index in [2.05, 4.69) is 10.6 Å². The summed E-state index contributed by atoms with van der Waals surface area (Å²) in [5.41, 5.74) is -3.05. The minimum Gasteiger partial charge on any atom is -0.375 e. The van der Waals surface area contributed by atoms with E-state index in [-0.39, 0.29) is 39.5 Å². The molecule has 0 bridgehead atoms. The van der Waals surface area contributed by atoms with Gasteiger partial charge >= 0.3 is 12.2 Å². The van der Waals surface area contributed by atoms with Gasteiger partial charge in [0.1, 0.15) is 5.82 Å². The van der Waals surface area contributed by atoms with E-state index in [4.69, 9.17) is 11.6 Å². The van der Waals surface area contributed by atoms with E-state index < -0.39 is 47.7 Å². The van der Waals surface area contributed by atoms with Crippen molar-refractivity contribution < 1.29 is 32.3 Å². The number of amides is 3. The summed E-state index contributed by atoms with van der Waals surface area (Å²) < 4.78 is 55.6. The molecule has 0 spiro atoms. The maximum Gasteiger partial charge on any atom is 0.423 e. The molecule has 3 amide bonds. The molecule has 0 aromatic heterocycles. The first-order valence-electron chi connectivity index (χ1n) is 11.2. The van der Waals surface area contributed by atoms with Gasteiger partial charge in [-0.25, -0.2) is 9.18 Å². The van der Waals surface area contributed by atoms with Crippen molar-refractivity contribution in [2.45, 2.75) is 24.2 Å². The van der Waals surface area contributed by atoms with Crippen LogP contribution in [0, 0.1) is 17.1 Å². The predicted molar refractivity (Wildman–Crippen MR) is 129 cm³/mol. The van der Waals surface area contributed by atoms with Crippen LogP contribution in [0.25, 0.3) is 0 Å². The first kappa shape index (κ1) is 25.5. The SMILES string of the molecule is N#CCc1cc(NC(=O)N2CC(O)(C(F)(F)F)c3ccccc32)c2c(c1)C(=O)N[C@H]2c1cc(F)ccc1Cl. The van der Waals surface area contributed by atoms with Gasteiger partial charge in [0.05, 0.1) is 30.8 Å². The van der Waals surface area contributed by atoms with Crippen molar-refractivity contribution in [2.24, 2.45) is 0 Å². The predicted octanol–water partition coefficient (Wildman–Crippen LogP) is 5.18. The minimum absolute atomic E-state index is 0.0151. The molecule has 0 saturated carbocycles. The molecule has 194 valence electrons. The zero-order chi connectivity index (χ0) is 27.4. The monoisotopic (exact) mass is 544 g/mol. The van der Waals surface area contributed by atoms with Gasteiger partial charge in [0.25, 0.3) is 5.91 Å². The number of β-amino-alcohol motifs (C(OH)–C–C–N with tert-alkyl or cyclic N) is 1. The number of rotatable bonds is 3. The second-order valence-corrected chi connectivity index (χ2v) is 9.31. The van der Waals surface area contributed by atoms with Crippen molar-refractivity contribution in [3.8, 4) is 6.07 Å². The molecule has 7 nitrogen and oxygen atoms in total. The number of halogens is 5. The summed E-state index contributed by atoms with van der Waals surface area (Å²) in [6.45, 7) is -1.10. The summed E-state index contributed by atoms with van der Waals surface area (Å²) >= 11 is 6.27. The largest absolute Gasteiger partial charge is 0.423 e. The number of nitriles is 1. The van der Waals surface area contributed by atoms with E-state index in [0.717, 1.165) is 23.1 Å². The number of carbonyl (C=O) groups is 2. The third kappa shape index (κ3) is 4.02. The van der Waals surface area contributed by atoms with Crippen LogP contribution in [0.1, 0.15) is 38.7 Å². The second-order valence-electron chi connectivity index (χ2n) is 8.90. The number of carbonyl (C=O) groups excluding carboxylic acids is 2. The number of urea groups is 1. The van der Waals surface area contributed by atoms with Crippen molar-refractivity contribution in [3.05, 3.63) is 93.3 Å². The summed E-state index contributed by atoms with van der Waals surface area (Å²) in [5.74, 6) is -1.20. The van der Waals surface area contributed by atoms with Gasteiger partial charge in [-0.2, -0.15) is 18.4 Å². The Kier molecular flexibility index (Phi) is 6.04. The molecule has 2 aliphatic heterocycles. The number of hydrogen-bond acceptors (Lipinski definition) is 4. The van der Waals surface area contributed by atoms with Crippen LogP contribution in [0.3, 0.4) is 0 Å². The molecule has 3 aromatic carbocycles. The van der Waals surface area contributed by atoms with Gasteiger partial charge in [-0.3, -0.25) is 9.69 Å². The molecule has 0 fully saturated rings. The van der Waals surface area contributed by atoms with Gasteiger partial charge in [0, 0.05) is 33.0 Å². The number of para-hydroxylation sites is 1. The lowest BCUT2D eigenvalue weighted by Gasteiger charge is -2.27. The Balaban J connectivity index is 1.59. The number of nitrogens with zero attached hydrogens (tertiary/aromatic N) is 2. The Morgan fingerprint density at radius 1 is 1.24 bits per heavy atom. The Morgan fingerprint density at radius 3 is 2.68 bits per heavy atom. The number of fused-ring (bicyclic) bond motifs is 2. The fourth-order valence-corrected chi connectivity index (χ4v) is 5.05. The van der Waals surface area contributed by atoms with Gasteiger partial charge in [-0.1, -0.05) is 29.8 Å². The first-order chi connectivity index (χ1) is 17.9. The summed E-state index contributed by atoms with van der Waals surface area (Å²) in [5, 5.41) is 25.1. The fourth-order valence-electron chi connectivity index (χ4n) is 4.82. The summed E-state index contributed by atoms with van der Waals surface area (Å²) in [6, 6.07) is 11.5. The van der Waals surface area contributed by atoms with Crippen LogP contribution in [0.5, 0.6) is 0 Å². The maximum atomic E-state index is 14.1. The Morgan fingerprint density at radius 2 is 1.97 bits per heavy atom. The van der Waals surface area contributed by atoms with Crippen LogP contribution in [0.2, 0.25) is 5.02 Å². The Labute approximate surface area is 218 Å². The van der Waals surface area contributed by atoms with E-state index in [1.54, 1.807) is 0 Å². The standard InChI is InChI=1S/C26H17ClF4N4O3/c27-18-6-5-14(28)11-15(18)22-21-16(23(36)34-22)9-13(7-8-32)10-19(21)33-24(37)35-12-25(38,26(29,30)31)17-3-1-2-4-20(17)35/h1-6,9-11,22,38H,7,12H2,(H,33,37)(H,34,36)/t22-,25?/m0/s1. The summed E-state index contributed by atoms with van der Waals surface area (Å²) in [6.07, 6.45) is -5.20. The molecule has 3 aromatic rings. The lowest BCUT2D eigenvalue weighted by Crippen LogP contribution is -2.48. The van der Waals surface area contributed by atoms with E-state index in [1.165, 1.54) is 36.4 Å². The zero-order valence-electron chi connectivity index (χ0n) is 19.2. The molecule has 1 unspecified atom stereocenters. The van der Waals surface area contributed by atoms with Gasteiger partial charge in [0.15, 0.2) is 0 Å². The van der Waals surface area contributed by atoms with Gasteiger partial charge in [-0.05, 0) is 42.0 Å². The average molecular weight is 545 g/mol. The molecule has 38 heavy (non-hydrogen) atoms. The van der Waals surface area contributed by atoms with Crippen LogP contribution in [-0.2, 0) is 12.0 Å². The molecule has 0 radical (unpaired) electrons. The molecular weight excluding hydrogens is 528 g/mol. The molecule has 0 saturated heterocycles. The van der Waals surface area contributed by atoms with Crippen LogP contribution < -0.4 is 15.5 Å². The summed E-state index contributed by atoms with van der Waals surface area (Å²) in [7, 11) is 0. The topological polar surface area (TPSA) is 105 Å². The second kappa shape index (κ2) is 9.01. The summed E-state index contributed by atoms with van der Waals surface area (Å²) in [4.78, 5) is 27.0. The van der Waals surface area contributed by atoms with Crippen molar-refractivity contribution in [1.29, 1.82) is 5.26 Å². The van der Waals surface area contributed by atoms with Gasteiger partial charge < -0.3 is 15.7 Å². The quantitative estimate of drug-likeness (QED) is 0.395. The smallest absolute Gasteiger partial charge is 0.375 e. The molecule has 0 aliphatic carbocycles. The van der Waals surface area contributed by atoms with Crippen molar-refractivity contribution in [1.82, 2.24) is 5.32 Å². The highest BCUT2D eigenvalue weighted by molar-refractivity contribution is 6.31. The molecular formula is C26H17ClF4N4O3. The number of hydrogen-bond donors (Lipinski definition) is 3. The van der Waals surface area contributed by atoms with Gasteiger partial charge in [0.2, 0.25) is 5.60 Å². The molecule has 2 aliphatic rings. The number of benzene rings is 3. The Bertz CT molecular complexity index is 1540. The van der Waals surface area contributed by atoms with E-state index >= 15 is 0 Å². The lowest BCUT2D eigenvalue weighted by atomic mass is 9.94. The molecule has 2 atom stereocenters. The molecule has 3 N–H and O–H groups in total. The van der Waals surface area contributed by atoms with E-state index in [9.17, 15) is 37.5 Å². The van der Waals surface area contributed by atoms with Crippen LogP contribution in [-0.4, -0.2) is 29.8 Å². The fraction of sp³-hybridized carbons (Fsp3) is 0.192. The number of aliphatic hydroxyl groups is 1. The minimum atomic E-state index is -5.07. The van der Waals surface area contributed by atoms with Gasteiger partial charge in [-0.15, -0.1) is 0 Å². The number of alkyl halides is 3. The first-order valence-corrected chi connectivity index (χ1v) is 11.6. The highest BCUT2D eigenvalue weighted by atomic mass is 35.5. The Hall–Kier alpha value is -4.14. The zero-order valence-corrected chi connectivity index (χ0v) is 20.0.